The van der Waals surface area contributed by atoms with Gasteiger partial charge in [-0.3, -0.25) is 4.90 Å². The fourth-order valence-corrected chi connectivity index (χ4v) is 3.70. The maximum atomic E-state index is 14.7. The Balaban J connectivity index is 2.04. The molecule has 2 atom stereocenters. The first-order valence-corrected chi connectivity index (χ1v) is 9.33. The van der Waals surface area contributed by atoms with Crippen molar-refractivity contribution < 1.29 is 28.5 Å². The lowest BCUT2D eigenvalue weighted by Crippen LogP contribution is -2.41. The van der Waals surface area contributed by atoms with E-state index in [4.69, 9.17) is 9.47 Å². The second-order valence-corrected chi connectivity index (χ2v) is 6.67. The van der Waals surface area contributed by atoms with E-state index in [1.54, 1.807) is 41.3 Å². The molecule has 0 radical (unpaired) electrons. The second-order valence-electron chi connectivity index (χ2n) is 6.67. The summed E-state index contributed by atoms with van der Waals surface area (Å²) < 4.78 is 40.3. The first kappa shape index (κ1) is 20.8. The van der Waals surface area contributed by atoms with Crippen molar-refractivity contribution in [2.75, 3.05) is 39.5 Å². The van der Waals surface area contributed by atoms with Crippen LogP contribution in [0.1, 0.15) is 23.1 Å². The van der Waals surface area contributed by atoms with Gasteiger partial charge in [0.2, 0.25) is 0 Å². The van der Waals surface area contributed by atoms with Crippen LogP contribution in [0.4, 0.5) is 8.78 Å². The number of nitrogens with zero attached hydrogens (tertiary/aromatic N) is 1. The molecule has 1 fully saturated rings. The van der Waals surface area contributed by atoms with Crippen LogP contribution in [-0.4, -0.2) is 60.9 Å². The lowest BCUT2D eigenvalue weighted by molar-refractivity contribution is -0.0742. The van der Waals surface area contributed by atoms with Crippen molar-refractivity contribution in [3.63, 3.8) is 0 Å². The molecule has 0 amide bonds. The summed E-state index contributed by atoms with van der Waals surface area (Å²) in [5.41, 5.74) is 0.603. The minimum Gasteiger partial charge on any atom is -0.396 e. The number of aliphatic hydroxyl groups excluding tert-OH is 2. The molecular weight excluding hydrogens is 368 g/mol. The smallest absolute Gasteiger partial charge is 0.170 e. The molecule has 1 heterocycles. The van der Waals surface area contributed by atoms with Crippen LogP contribution in [0, 0.1) is 11.6 Å². The Hall–Kier alpha value is -1.90. The van der Waals surface area contributed by atoms with Gasteiger partial charge >= 0.3 is 0 Å². The zero-order chi connectivity index (χ0) is 19.9. The second kappa shape index (κ2) is 10.0. The Labute approximate surface area is 163 Å². The monoisotopic (exact) mass is 393 g/mol. The van der Waals surface area contributed by atoms with E-state index >= 15 is 0 Å². The lowest BCUT2D eigenvalue weighted by atomic mass is 9.85. The lowest BCUT2D eigenvalue weighted by Gasteiger charge is -2.38. The summed E-state index contributed by atoms with van der Waals surface area (Å²) in [6, 6.07) is 11.6. The maximum absolute atomic E-state index is 14.7. The van der Waals surface area contributed by atoms with E-state index in [9.17, 15) is 19.0 Å². The van der Waals surface area contributed by atoms with Gasteiger partial charge in [0, 0.05) is 24.1 Å². The molecule has 1 saturated heterocycles. The molecule has 1 aliphatic heterocycles. The fourth-order valence-electron chi connectivity index (χ4n) is 3.70. The van der Waals surface area contributed by atoms with Crippen molar-refractivity contribution >= 4 is 0 Å². The molecule has 7 heteroatoms. The van der Waals surface area contributed by atoms with Gasteiger partial charge in [-0.05, 0) is 17.7 Å². The van der Waals surface area contributed by atoms with Crippen LogP contribution in [-0.2, 0) is 9.47 Å². The summed E-state index contributed by atoms with van der Waals surface area (Å²) in [6.45, 7) is 0.774. The topological polar surface area (TPSA) is 62.2 Å². The largest absolute Gasteiger partial charge is 0.396 e. The SMILES string of the molecule is OCCN(CC1OCCO1)C(c1ccccc1F)C(CO)c1ccccc1F. The molecule has 0 aromatic heterocycles. The molecule has 2 aromatic carbocycles. The molecule has 5 nitrogen and oxygen atoms in total. The molecular formula is C21H25F2NO4. The van der Waals surface area contributed by atoms with E-state index < -0.39 is 36.5 Å². The normalized spacial score (nSPS) is 17.2. The number of halogens is 2. The highest BCUT2D eigenvalue weighted by Gasteiger charge is 2.35. The van der Waals surface area contributed by atoms with Crippen LogP contribution < -0.4 is 0 Å². The molecule has 2 aromatic rings. The minimum absolute atomic E-state index is 0.187. The molecule has 2 unspecified atom stereocenters. The standard InChI is InChI=1S/C21H25F2NO4/c22-18-7-3-1-5-15(18)17(14-26)21(16-6-2-4-8-19(16)23)24(9-10-25)13-20-27-11-12-28-20/h1-8,17,20-21,25-26H,9-14H2. The highest BCUT2D eigenvalue weighted by Crippen LogP contribution is 2.38. The van der Waals surface area contributed by atoms with Crippen LogP contribution in [0.25, 0.3) is 0 Å². The highest BCUT2D eigenvalue weighted by atomic mass is 19.1. The Morgan fingerprint density at radius 3 is 2.04 bits per heavy atom. The van der Waals surface area contributed by atoms with Crippen LogP contribution in [0.5, 0.6) is 0 Å². The molecule has 0 spiro atoms. The van der Waals surface area contributed by atoms with Crippen molar-refractivity contribution in [1.29, 1.82) is 0 Å². The number of hydrogen-bond donors (Lipinski definition) is 2. The zero-order valence-electron chi connectivity index (χ0n) is 15.5. The van der Waals surface area contributed by atoms with E-state index in [1.165, 1.54) is 12.1 Å². The molecule has 0 aliphatic carbocycles. The predicted octanol–water partition coefficient (Wildman–Crippen LogP) is 2.45. The van der Waals surface area contributed by atoms with Gasteiger partial charge in [0.15, 0.2) is 6.29 Å². The van der Waals surface area contributed by atoms with Gasteiger partial charge in [0.1, 0.15) is 11.6 Å². The molecule has 1 aliphatic rings. The molecule has 0 bridgehead atoms. The van der Waals surface area contributed by atoms with Crippen LogP contribution in [0.2, 0.25) is 0 Å². The third-order valence-electron chi connectivity index (χ3n) is 4.96. The van der Waals surface area contributed by atoms with Gasteiger partial charge in [-0.25, -0.2) is 8.78 Å². The van der Waals surface area contributed by atoms with Gasteiger partial charge in [0.25, 0.3) is 0 Å². The first-order valence-electron chi connectivity index (χ1n) is 9.33. The summed E-state index contributed by atoms with van der Waals surface area (Å²) in [4.78, 5) is 1.78. The first-order chi connectivity index (χ1) is 13.7. The Morgan fingerprint density at radius 1 is 0.929 bits per heavy atom. The van der Waals surface area contributed by atoms with Crippen molar-refractivity contribution in [3.8, 4) is 0 Å². The van der Waals surface area contributed by atoms with E-state index in [0.29, 0.717) is 18.8 Å². The maximum Gasteiger partial charge on any atom is 0.170 e. The van der Waals surface area contributed by atoms with Gasteiger partial charge < -0.3 is 19.7 Å². The Kier molecular flexibility index (Phi) is 7.47. The van der Waals surface area contributed by atoms with Crippen molar-refractivity contribution in [2.24, 2.45) is 0 Å². The van der Waals surface area contributed by atoms with Crippen LogP contribution >= 0.6 is 0 Å². The Morgan fingerprint density at radius 2 is 1.50 bits per heavy atom. The van der Waals surface area contributed by atoms with Crippen LogP contribution in [0.15, 0.2) is 48.5 Å². The van der Waals surface area contributed by atoms with E-state index in [0.717, 1.165) is 0 Å². The summed E-state index contributed by atoms with van der Waals surface area (Å²) in [7, 11) is 0. The number of rotatable bonds is 9. The van der Waals surface area contributed by atoms with Crippen molar-refractivity contribution in [3.05, 3.63) is 71.3 Å². The number of hydrogen-bond acceptors (Lipinski definition) is 5. The quantitative estimate of drug-likeness (QED) is 0.685. The average Bonchev–Trinajstić information content (AvgIpc) is 3.21. The molecule has 28 heavy (non-hydrogen) atoms. The molecule has 152 valence electrons. The third-order valence-corrected chi connectivity index (χ3v) is 4.96. The van der Waals surface area contributed by atoms with E-state index in [-0.39, 0.29) is 25.3 Å². The van der Waals surface area contributed by atoms with E-state index in [2.05, 4.69) is 0 Å². The van der Waals surface area contributed by atoms with Gasteiger partial charge in [-0.2, -0.15) is 0 Å². The minimum atomic E-state index is -0.744. The third kappa shape index (κ3) is 4.74. The number of aliphatic hydroxyl groups is 2. The van der Waals surface area contributed by atoms with Crippen molar-refractivity contribution in [1.82, 2.24) is 4.90 Å². The molecule has 3 rings (SSSR count). The predicted molar refractivity (Wildman–Crippen MR) is 99.7 cm³/mol. The van der Waals surface area contributed by atoms with Gasteiger partial charge in [0.05, 0.1) is 33.0 Å². The molecule has 0 saturated carbocycles. The summed E-state index contributed by atoms with van der Waals surface area (Å²) in [5.74, 6) is -1.68. The zero-order valence-corrected chi connectivity index (χ0v) is 15.5. The number of benzene rings is 2. The van der Waals surface area contributed by atoms with Crippen LogP contribution in [0.3, 0.4) is 0 Å². The van der Waals surface area contributed by atoms with Crippen molar-refractivity contribution in [2.45, 2.75) is 18.2 Å². The Bertz CT molecular complexity index is 755. The number of ether oxygens (including phenoxy) is 2. The average molecular weight is 393 g/mol. The summed E-state index contributed by atoms with van der Waals surface area (Å²) in [6.07, 6.45) is -0.527. The fraction of sp³-hybridized carbons (Fsp3) is 0.429. The van der Waals surface area contributed by atoms with Gasteiger partial charge in [-0.1, -0.05) is 36.4 Å². The molecule has 2 N–H and O–H groups in total. The summed E-state index contributed by atoms with van der Waals surface area (Å²) in [5, 5.41) is 19.8. The van der Waals surface area contributed by atoms with E-state index in [1.807, 2.05) is 0 Å². The summed E-state index contributed by atoms with van der Waals surface area (Å²) >= 11 is 0. The van der Waals surface area contributed by atoms with Gasteiger partial charge in [-0.15, -0.1) is 0 Å². The highest BCUT2D eigenvalue weighted by molar-refractivity contribution is 5.30.